The zero-order valence-corrected chi connectivity index (χ0v) is 8.95. The van der Waals surface area contributed by atoms with Gasteiger partial charge < -0.3 is 15.0 Å². The quantitative estimate of drug-likeness (QED) is 0.847. The van der Waals surface area contributed by atoms with Crippen LogP contribution in [0.2, 0.25) is 0 Å². The van der Waals surface area contributed by atoms with Crippen LogP contribution < -0.4 is 10.5 Å². The number of ether oxygens (including phenoxy) is 1. The van der Waals surface area contributed by atoms with Gasteiger partial charge in [-0.25, -0.2) is 4.39 Å². The molecule has 16 heavy (non-hydrogen) atoms. The van der Waals surface area contributed by atoms with Crippen LogP contribution in [0.4, 0.5) is 10.3 Å². The van der Waals surface area contributed by atoms with E-state index in [0.717, 1.165) is 0 Å². The topological polar surface area (TPSA) is 61.3 Å². The largest absolute Gasteiger partial charge is 0.496 e. The highest BCUT2D eigenvalue weighted by Crippen LogP contribution is 2.35. The van der Waals surface area contributed by atoms with Gasteiger partial charge in [-0.15, -0.1) is 0 Å². The molecule has 0 aliphatic carbocycles. The van der Waals surface area contributed by atoms with Crippen LogP contribution >= 0.6 is 0 Å². The van der Waals surface area contributed by atoms with Crippen LogP contribution in [0.15, 0.2) is 22.7 Å². The highest BCUT2D eigenvalue weighted by Gasteiger charge is 2.19. The number of nitrogens with two attached hydrogens (primary N) is 1. The Morgan fingerprint density at radius 1 is 1.44 bits per heavy atom. The fraction of sp³-hybridized carbons (Fsp3) is 0.182. The molecule has 0 saturated carbocycles. The summed E-state index contributed by atoms with van der Waals surface area (Å²) in [5.41, 5.74) is 6.76. The Labute approximate surface area is 91.8 Å². The lowest BCUT2D eigenvalue weighted by molar-refractivity contribution is 0.410. The molecule has 0 fully saturated rings. The zero-order valence-electron chi connectivity index (χ0n) is 8.95. The molecule has 1 aromatic heterocycles. The zero-order chi connectivity index (χ0) is 11.7. The van der Waals surface area contributed by atoms with Crippen LogP contribution in [0.3, 0.4) is 0 Å². The minimum atomic E-state index is -0.421. The van der Waals surface area contributed by atoms with Crippen LogP contribution in [0, 0.1) is 12.7 Å². The van der Waals surface area contributed by atoms with Crippen LogP contribution in [-0.4, -0.2) is 12.3 Å². The molecule has 0 amide bonds. The van der Waals surface area contributed by atoms with Crippen molar-refractivity contribution < 1.29 is 13.7 Å². The second-order valence-electron chi connectivity index (χ2n) is 3.34. The van der Waals surface area contributed by atoms with Gasteiger partial charge in [-0.1, -0.05) is 11.2 Å². The second kappa shape index (κ2) is 3.84. The molecule has 1 heterocycles. The van der Waals surface area contributed by atoms with Crippen molar-refractivity contribution in [1.82, 2.24) is 5.16 Å². The Balaban J connectivity index is 2.68. The van der Waals surface area contributed by atoms with Crippen LogP contribution in [0.1, 0.15) is 5.56 Å². The molecule has 0 spiro atoms. The van der Waals surface area contributed by atoms with Crippen molar-refractivity contribution in [2.75, 3.05) is 12.8 Å². The van der Waals surface area contributed by atoms with Gasteiger partial charge in [-0.05, 0) is 19.1 Å². The number of nitrogen functional groups attached to an aromatic ring is 1. The molecule has 2 aromatic rings. The number of aromatic nitrogens is 1. The summed E-state index contributed by atoms with van der Waals surface area (Å²) in [6, 6.07) is 4.56. The van der Waals surface area contributed by atoms with Crippen LogP contribution in [-0.2, 0) is 0 Å². The predicted octanol–water partition coefficient (Wildman–Crippen LogP) is 2.38. The first-order valence-electron chi connectivity index (χ1n) is 4.69. The van der Waals surface area contributed by atoms with E-state index in [9.17, 15) is 4.39 Å². The molecule has 1 aromatic carbocycles. The highest BCUT2D eigenvalue weighted by atomic mass is 19.1. The fourth-order valence-corrected chi connectivity index (χ4v) is 1.49. The van der Waals surface area contributed by atoms with Crippen molar-refractivity contribution >= 4 is 5.88 Å². The Hall–Kier alpha value is -2.04. The van der Waals surface area contributed by atoms with Crippen molar-refractivity contribution in [3.63, 3.8) is 0 Å². The van der Waals surface area contributed by atoms with Crippen molar-refractivity contribution in [2.24, 2.45) is 0 Å². The summed E-state index contributed by atoms with van der Waals surface area (Å²) in [5.74, 6) is 0.160. The Morgan fingerprint density at radius 2 is 2.19 bits per heavy atom. The van der Waals surface area contributed by atoms with Gasteiger partial charge in [-0.2, -0.15) is 0 Å². The molecule has 4 nitrogen and oxygen atoms in total. The summed E-state index contributed by atoms with van der Waals surface area (Å²) in [7, 11) is 1.47. The molecule has 2 rings (SSSR count). The number of methoxy groups -OCH3 is 1. The van der Waals surface area contributed by atoms with E-state index in [1.165, 1.54) is 13.2 Å². The van der Waals surface area contributed by atoms with Gasteiger partial charge in [0.05, 0.1) is 12.7 Å². The first-order chi connectivity index (χ1) is 7.65. The van der Waals surface area contributed by atoms with Crippen molar-refractivity contribution in [2.45, 2.75) is 6.92 Å². The summed E-state index contributed by atoms with van der Waals surface area (Å²) < 4.78 is 23.6. The normalized spacial score (nSPS) is 10.4. The van der Waals surface area contributed by atoms with Crippen molar-refractivity contribution in [3.8, 4) is 17.0 Å². The SMILES string of the molecule is COc1cccc(F)c1-c1noc(N)c1C. The third kappa shape index (κ3) is 1.50. The average molecular weight is 222 g/mol. The van der Waals surface area contributed by atoms with Gasteiger partial charge in [0.2, 0.25) is 5.88 Å². The van der Waals surface area contributed by atoms with Crippen LogP contribution in [0.5, 0.6) is 5.75 Å². The van der Waals surface area contributed by atoms with Crippen molar-refractivity contribution in [3.05, 3.63) is 29.6 Å². The number of benzene rings is 1. The third-order valence-corrected chi connectivity index (χ3v) is 2.39. The standard InChI is InChI=1S/C11H11FN2O2/c1-6-10(14-16-11(6)13)9-7(12)4-3-5-8(9)15-2/h3-5H,13H2,1-2H3. The molecule has 0 aliphatic heterocycles. The minimum Gasteiger partial charge on any atom is -0.496 e. The maximum absolute atomic E-state index is 13.7. The number of nitrogens with zero attached hydrogens (tertiary/aromatic N) is 1. The lowest BCUT2D eigenvalue weighted by atomic mass is 10.1. The second-order valence-corrected chi connectivity index (χ2v) is 3.34. The van der Waals surface area contributed by atoms with E-state index in [-0.39, 0.29) is 11.4 Å². The van der Waals surface area contributed by atoms with E-state index in [0.29, 0.717) is 17.0 Å². The number of halogens is 1. The van der Waals surface area contributed by atoms with Gasteiger partial charge >= 0.3 is 0 Å². The van der Waals surface area contributed by atoms with Crippen molar-refractivity contribution in [1.29, 1.82) is 0 Å². The predicted molar refractivity (Wildman–Crippen MR) is 57.6 cm³/mol. The number of hydrogen-bond acceptors (Lipinski definition) is 4. The van der Waals surface area contributed by atoms with E-state index in [1.54, 1.807) is 19.1 Å². The number of hydrogen-bond donors (Lipinski definition) is 1. The highest BCUT2D eigenvalue weighted by molar-refractivity contribution is 5.72. The molecule has 2 N–H and O–H groups in total. The first kappa shape index (κ1) is 10.5. The van der Waals surface area contributed by atoms with Gasteiger partial charge in [0.1, 0.15) is 17.3 Å². The summed E-state index contributed by atoms with van der Waals surface area (Å²) >= 11 is 0. The molecule has 84 valence electrons. The maximum atomic E-state index is 13.7. The summed E-state index contributed by atoms with van der Waals surface area (Å²) in [4.78, 5) is 0. The van der Waals surface area contributed by atoms with Gasteiger partial charge in [-0.3, -0.25) is 0 Å². The van der Waals surface area contributed by atoms with Crippen LogP contribution in [0.25, 0.3) is 11.3 Å². The first-order valence-corrected chi connectivity index (χ1v) is 4.69. The molecule has 0 radical (unpaired) electrons. The molecule has 5 heteroatoms. The molecule has 0 bridgehead atoms. The number of rotatable bonds is 2. The summed E-state index contributed by atoms with van der Waals surface area (Å²) in [6.07, 6.45) is 0. The van der Waals surface area contributed by atoms with E-state index in [4.69, 9.17) is 15.0 Å². The molecular weight excluding hydrogens is 211 g/mol. The van der Waals surface area contributed by atoms with E-state index >= 15 is 0 Å². The molecule has 0 saturated heterocycles. The van der Waals surface area contributed by atoms with E-state index in [1.807, 2.05) is 0 Å². The maximum Gasteiger partial charge on any atom is 0.225 e. The summed E-state index contributed by atoms with van der Waals surface area (Å²) in [6.45, 7) is 1.72. The van der Waals surface area contributed by atoms with E-state index in [2.05, 4.69) is 5.16 Å². The molecule has 0 unspecified atom stereocenters. The summed E-state index contributed by atoms with van der Waals surface area (Å²) in [5, 5.41) is 3.74. The Morgan fingerprint density at radius 3 is 2.75 bits per heavy atom. The average Bonchev–Trinajstić information content (AvgIpc) is 2.60. The van der Waals surface area contributed by atoms with E-state index < -0.39 is 5.82 Å². The third-order valence-electron chi connectivity index (χ3n) is 2.39. The van der Waals surface area contributed by atoms with Gasteiger partial charge in [0.25, 0.3) is 0 Å². The molecular formula is C11H11FN2O2. The lowest BCUT2D eigenvalue weighted by Crippen LogP contribution is -1.93. The fourth-order valence-electron chi connectivity index (χ4n) is 1.49. The lowest BCUT2D eigenvalue weighted by Gasteiger charge is -2.06. The monoisotopic (exact) mass is 222 g/mol. The minimum absolute atomic E-state index is 0.181. The Kier molecular flexibility index (Phi) is 2.52. The van der Waals surface area contributed by atoms with Gasteiger partial charge in [0, 0.05) is 5.56 Å². The Bertz CT molecular complexity index is 523. The smallest absolute Gasteiger partial charge is 0.225 e. The molecule has 0 atom stereocenters. The molecule has 0 aliphatic rings. The van der Waals surface area contributed by atoms with Gasteiger partial charge in [0.15, 0.2) is 0 Å². The number of anilines is 1.